The zero-order valence-corrected chi connectivity index (χ0v) is 20.6. The summed E-state index contributed by atoms with van der Waals surface area (Å²) in [7, 11) is 0. The van der Waals surface area contributed by atoms with Crippen LogP contribution in [0.4, 0.5) is 0 Å². The Morgan fingerprint density at radius 1 is 0.562 bits per heavy atom. The minimum Gasteiger partial charge on any atom is -0.299 e. The van der Waals surface area contributed by atoms with Crippen molar-refractivity contribution in [2.24, 2.45) is 35.5 Å². The predicted molar refractivity (Wildman–Crippen MR) is 128 cm³/mol. The van der Waals surface area contributed by atoms with Gasteiger partial charge in [0.05, 0.1) is 0 Å². The molecule has 4 nitrogen and oxygen atoms in total. The predicted octanol–water partition coefficient (Wildman–Crippen LogP) is 4.95. The molecule has 4 heteroatoms. The molecule has 0 bridgehead atoms. The van der Waals surface area contributed by atoms with Crippen molar-refractivity contribution in [3.63, 3.8) is 0 Å². The molecule has 1 saturated carbocycles. The summed E-state index contributed by atoms with van der Waals surface area (Å²) in [4.78, 5) is 32.0. The molecule has 0 aromatic carbocycles. The Morgan fingerprint density at radius 3 is 1.38 bits per heavy atom. The third kappa shape index (κ3) is 4.35. The van der Waals surface area contributed by atoms with E-state index in [4.69, 9.17) is 0 Å². The molecule has 2 unspecified atom stereocenters. The topological polar surface area (TPSA) is 40.6 Å². The molecule has 8 atom stereocenters. The molecule has 4 heterocycles. The molecule has 0 radical (unpaired) electrons. The zero-order chi connectivity index (χ0) is 22.2. The number of hydrogen-bond acceptors (Lipinski definition) is 4. The summed E-state index contributed by atoms with van der Waals surface area (Å²) in [5, 5.41) is 0. The first kappa shape index (κ1) is 23.0. The van der Waals surface area contributed by atoms with Gasteiger partial charge in [0, 0.05) is 48.8 Å². The molecule has 1 aliphatic carbocycles. The molecular formula is C28H46N2O2. The molecule has 5 rings (SSSR count). The Balaban J connectivity index is 1.35. The number of ketones is 2. The van der Waals surface area contributed by atoms with Gasteiger partial charge in [-0.3, -0.25) is 19.4 Å². The quantitative estimate of drug-likeness (QED) is 0.532. The van der Waals surface area contributed by atoms with Gasteiger partial charge in [-0.05, 0) is 76.3 Å². The fourth-order valence-electron chi connectivity index (χ4n) is 8.69. The lowest BCUT2D eigenvalue weighted by atomic mass is 9.68. The van der Waals surface area contributed by atoms with Crippen LogP contribution in [0.5, 0.6) is 0 Å². The number of hydrogen-bond donors (Lipinski definition) is 0. The number of nitrogens with zero attached hydrogens (tertiary/aromatic N) is 2. The number of Topliss-reactive ketones (excluding diaryl/α,β-unsaturated/α-hetero) is 2. The Labute approximate surface area is 195 Å². The first-order chi connectivity index (χ1) is 15.5. The van der Waals surface area contributed by atoms with Gasteiger partial charge >= 0.3 is 0 Å². The maximum absolute atomic E-state index is 13.3. The van der Waals surface area contributed by atoms with Crippen LogP contribution in [0.25, 0.3) is 0 Å². The Kier molecular flexibility index (Phi) is 7.09. The van der Waals surface area contributed by atoms with Gasteiger partial charge in [-0.15, -0.1) is 0 Å². The molecule has 0 N–H and O–H groups in total. The summed E-state index contributed by atoms with van der Waals surface area (Å²) in [5.41, 5.74) is 0. The van der Waals surface area contributed by atoms with Crippen LogP contribution in [0.2, 0.25) is 0 Å². The summed E-state index contributed by atoms with van der Waals surface area (Å²) < 4.78 is 0. The summed E-state index contributed by atoms with van der Waals surface area (Å²) in [6, 6.07) is 1.01. The maximum atomic E-state index is 13.3. The molecule has 0 spiro atoms. The van der Waals surface area contributed by atoms with Crippen LogP contribution in [-0.2, 0) is 9.59 Å². The van der Waals surface area contributed by atoms with E-state index in [1.165, 1.54) is 77.3 Å². The van der Waals surface area contributed by atoms with Gasteiger partial charge in [-0.25, -0.2) is 0 Å². The van der Waals surface area contributed by atoms with Gasteiger partial charge in [-0.2, -0.15) is 0 Å². The van der Waals surface area contributed by atoms with E-state index in [0.29, 0.717) is 35.5 Å². The highest BCUT2D eigenvalue weighted by atomic mass is 16.1. The molecule has 180 valence electrons. The average molecular weight is 443 g/mol. The second kappa shape index (κ2) is 9.86. The van der Waals surface area contributed by atoms with E-state index in [0.717, 1.165) is 25.9 Å². The van der Waals surface area contributed by atoms with Crippen LogP contribution >= 0.6 is 0 Å². The molecule has 4 saturated heterocycles. The molecule has 0 aromatic rings. The van der Waals surface area contributed by atoms with E-state index in [9.17, 15) is 9.59 Å². The van der Waals surface area contributed by atoms with Crippen molar-refractivity contribution in [3.8, 4) is 0 Å². The third-order valence-electron chi connectivity index (χ3n) is 10.1. The van der Waals surface area contributed by atoms with Crippen molar-refractivity contribution in [1.82, 2.24) is 9.80 Å². The highest BCUT2D eigenvalue weighted by molar-refractivity contribution is 5.85. The van der Waals surface area contributed by atoms with Crippen LogP contribution in [0.3, 0.4) is 0 Å². The van der Waals surface area contributed by atoms with Crippen LogP contribution in [0.1, 0.15) is 90.9 Å². The highest BCUT2D eigenvalue weighted by Gasteiger charge is 2.47. The van der Waals surface area contributed by atoms with Gasteiger partial charge in [0.25, 0.3) is 0 Å². The minimum absolute atomic E-state index is 0.219. The molecule has 5 aliphatic rings. The largest absolute Gasteiger partial charge is 0.299 e. The Morgan fingerprint density at radius 2 is 0.938 bits per heavy atom. The minimum atomic E-state index is 0.219. The van der Waals surface area contributed by atoms with Crippen LogP contribution in [0, 0.1) is 35.5 Å². The molecule has 4 aliphatic heterocycles. The summed E-state index contributed by atoms with van der Waals surface area (Å²) >= 11 is 0. The van der Waals surface area contributed by atoms with E-state index < -0.39 is 0 Å². The van der Waals surface area contributed by atoms with Crippen LogP contribution in [0.15, 0.2) is 0 Å². The van der Waals surface area contributed by atoms with Gasteiger partial charge in [-0.1, -0.05) is 39.5 Å². The number of carbonyl (C=O) groups excluding carboxylic acids is 2. The molecular weight excluding hydrogens is 396 g/mol. The first-order valence-electron chi connectivity index (χ1n) is 14.1. The van der Waals surface area contributed by atoms with E-state index in [1.807, 2.05) is 0 Å². The molecule has 0 amide bonds. The van der Waals surface area contributed by atoms with Gasteiger partial charge in [0.1, 0.15) is 11.6 Å². The van der Waals surface area contributed by atoms with E-state index >= 15 is 0 Å². The fourth-order valence-corrected chi connectivity index (χ4v) is 8.69. The summed E-state index contributed by atoms with van der Waals surface area (Å²) in [5.74, 6) is 3.51. The van der Waals surface area contributed by atoms with E-state index in [2.05, 4.69) is 23.6 Å². The molecule has 5 fully saturated rings. The van der Waals surface area contributed by atoms with Crippen molar-refractivity contribution < 1.29 is 9.59 Å². The Hall–Kier alpha value is -0.740. The highest BCUT2D eigenvalue weighted by Crippen LogP contribution is 2.43. The van der Waals surface area contributed by atoms with Crippen molar-refractivity contribution in [2.75, 3.05) is 26.2 Å². The number of rotatable bonds is 0. The summed E-state index contributed by atoms with van der Waals surface area (Å²) in [6.45, 7) is 8.72. The van der Waals surface area contributed by atoms with Gasteiger partial charge in [0.15, 0.2) is 0 Å². The van der Waals surface area contributed by atoms with Crippen molar-refractivity contribution in [3.05, 3.63) is 0 Å². The standard InChI is InChI=1S/C28H46N2O2/c1-19-17-29-15-7-11-21-9-4-6-14-24-26-22(10-3-5-13-23(25(21)29)27(19)31)12-8-16-30(26)18-20(2)28(24)32/h19-26H,3-18H2,1-2H3/t19-,20-,21-,22+,23+,24+,25?,26?/m1/s1. The molecule has 32 heavy (non-hydrogen) atoms. The normalized spacial score (nSPS) is 44.9. The maximum Gasteiger partial charge on any atom is 0.141 e. The van der Waals surface area contributed by atoms with Gasteiger partial charge < -0.3 is 0 Å². The number of piperidine rings is 4. The fraction of sp³-hybridized carbons (Fsp3) is 0.929. The van der Waals surface area contributed by atoms with E-state index in [-0.39, 0.29) is 23.7 Å². The lowest BCUT2D eigenvalue weighted by molar-refractivity contribution is -0.139. The van der Waals surface area contributed by atoms with Crippen molar-refractivity contribution >= 4 is 11.6 Å². The Bertz CT molecular complexity index is 635. The van der Waals surface area contributed by atoms with Crippen LogP contribution in [-0.4, -0.2) is 59.6 Å². The number of carbonyl (C=O) groups is 2. The van der Waals surface area contributed by atoms with E-state index in [1.54, 1.807) is 0 Å². The lowest BCUT2D eigenvalue weighted by Gasteiger charge is -2.51. The monoisotopic (exact) mass is 442 g/mol. The summed E-state index contributed by atoms with van der Waals surface area (Å²) in [6.07, 6.45) is 14.8. The zero-order valence-electron chi connectivity index (χ0n) is 20.6. The SMILES string of the molecule is C[C@@H]1CN2CCC[C@H]3CCCC[C@@H]4C(=O)[C@H](C)CN5CCC[C@H](CCCC[C@H](C1=O)C32)C45. The smallest absolute Gasteiger partial charge is 0.141 e. The first-order valence-corrected chi connectivity index (χ1v) is 14.1. The van der Waals surface area contributed by atoms with Crippen LogP contribution < -0.4 is 0 Å². The second-order valence-electron chi connectivity index (χ2n) is 12.2. The molecule has 0 aromatic heterocycles. The second-order valence-corrected chi connectivity index (χ2v) is 12.2. The van der Waals surface area contributed by atoms with Crippen molar-refractivity contribution in [2.45, 2.75) is 103 Å². The van der Waals surface area contributed by atoms with Crippen molar-refractivity contribution in [1.29, 1.82) is 0 Å². The lowest BCUT2D eigenvalue weighted by Crippen LogP contribution is -2.59. The average Bonchev–Trinajstić information content (AvgIpc) is 2.78. The van der Waals surface area contributed by atoms with Gasteiger partial charge in [0.2, 0.25) is 0 Å². The third-order valence-corrected chi connectivity index (χ3v) is 10.1.